The summed E-state index contributed by atoms with van der Waals surface area (Å²) in [6, 6.07) is 0.0628. The summed E-state index contributed by atoms with van der Waals surface area (Å²) in [5.41, 5.74) is 0. The monoisotopic (exact) mass is 211 g/mol. The summed E-state index contributed by atoms with van der Waals surface area (Å²) in [6.45, 7) is 2.46. The predicted octanol–water partition coefficient (Wildman–Crippen LogP) is 1.10. The van der Waals surface area contributed by atoms with E-state index in [9.17, 15) is 4.79 Å². The van der Waals surface area contributed by atoms with Gasteiger partial charge in [0, 0.05) is 37.6 Å². The van der Waals surface area contributed by atoms with Crippen LogP contribution in [0, 0.1) is 0 Å². The molecule has 76 valence electrons. The molecule has 1 fully saturated rings. The van der Waals surface area contributed by atoms with Crippen molar-refractivity contribution in [3.05, 3.63) is 16.6 Å². The van der Waals surface area contributed by atoms with Crippen LogP contribution >= 0.6 is 11.3 Å². The lowest BCUT2D eigenvalue weighted by Crippen LogP contribution is -2.47. The van der Waals surface area contributed by atoms with Crippen LogP contribution in [0.1, 0.15) is 11.4 Å². The summed E-state index contributed by atoms with van der Waals surface area (Å²) in [7, 11) is 0. The topological polar surface area (TPSA) is 45.2 Å². The van der Waals surface area contributed by atoms with Crippen molar-refractivity contribution in [3.63, 3.8) is 0 Å². The third-order valence-electron chi connectivity index (χ3n) is 2.25. The van der Waals surface area contributed by atoms with E-state index in [2.05, 4.69) is 10.3 Å². The van der Waals surface area contributed by atoms with E-state index in [-0.39, 0.29) is 6.03 Å². The molecule has 2 heterocycles. The van der Waals surface area contributed by atoms with Gasteiger partial charge < -0.3 is 10.2 Å². The SMILES string of the molecule is O=C1NCCCN1CCc1nccs1. The molecule has 2 rings (SSSR count). The highest BCUT2D eigenvalue weighted by atomic mass is 32.1. The number of carbonyl (C=O) groups excluding carboxylic acids is 1. The van der Waals surface area contributed by atoms with Crippen LogP contribution in [0.3, 0.4) is 0 Å². The highest BCUT2D eigenvalue weighted by Crippen LogP contribution is 2.07. The lowest BCUT2D eigenvalue weighted by molar-refractivity contribution is 0.187. The molecule has 1 N–H and O–H groups in total. The molecule has 0 aliphatic carbocycles. The number of nitrogens with zero attached hydrogens (tertiary/aromatic N) is 2. The molecule has 1 aromatic rings. The Hall–Kier alpha value is -1.10. The minimum atomic E-state index is 0.0628. The van der Waals surface area contributed by atoms with Crippen LogP contribution in [-0.2, 0) is 6.42 Å². The highest BCUT2D eigenvalue weighted by molar-refractivity contribution is 7.09. The number of hydrogen-bond donors (Lipinski definition) is 1. The molecule has 4 nitrogen and oxygen atoms in total. The fourth-order valence-corrected chi connectivity index (χ4v) is 2.11. The van der Waals surface area contributed by atoms with E-state index in [4.69, 9.17) is 0 Å². The zero-order valence-corrected chi connectivity index (χ0v) is 8.72. The van der Waals surface area contributed by atoms with Crippen molar-refractivity contribution in [2.75, 3.05) is 19.6 Å². The molecule has 1 aliphatic heterocycles. The average Bonchev–Trinajstić information content (AvgIpc) is 2.69. The lowest BCUT2D eigenvalue weighted by Gasteiger charge is -2.26. The first-order valence-corrected chi connectivity index (χ1v) is 5.65. The smallest absolute Gasteiger partial charge is 0.317 e. The van der Waals surface area contributed by atoms with Crippen molar-refractivity contribution in [3.8, 4) is 0 Å². The lowest BCUT2D eigenvalue weighted by atomic mass is 10.3. The van der Waals surface area contributed by atoms with Crippen LogP contribution in [0.25, 0.3) is 0 Å². The van der Waals surface area contributed by atoms with Gasteiger partial charge in [0.05, 0.1) is 5.01 Å². The van der Waals surface area contributed by atoms with Crippen LogP contribution in [0.5, 0.6) is 0 Å². The van der Waals surface area contributed by atoms with Gasteiger partial charge in [0.2, 0.25) is 0 Å². The number of nitrogens with one attached hydrogen (secondary N) is 1. The Kier molecular flexibility index (Phi) is 2.98. The van der Waals surface area contributed by atoms with Gasteiger partial charge in [-0.25, -0.2) is 9.78 Å². The fraction of sp³-hybridized carbons (Fsp3) is 0.556. The van der Waals surface area contributed by atoms with E-state index in [0.29, 0.717) is 0 Å². The molecule has 1 aromatic heterocycles. The van der Waals surface area contributed by atoms with Crippen LogP contribution in [0.4, 0.5) is 4.79 Å². The van der Waals surface area contributed by atoms with E-state index in [0.717, 1.165) is 37.5 Å². The zero-order chi connectivity index (χ0) is 9.80. The number of thiazole rings is 1. The second-order valence-electron chi connectivity index (χ2n) is 3.25. The first-order valence-electron chi connectivity index (χ1n) is 4.77. The Balaban J connectivity index is 1.82. The Morgan fingerprint density at radius 3 is 3.29 bits per heavy atom. The van der Waals surface area contributed by atoms with E-state index in [1.807, 2.05) is 10.3 Å². The maximum Gasteiger partial charge on any atom is 0.317 e. The Morgan fingerprint density at radius 2 is 2.57 bits per heavy atom. The van der Waals surface area contributed by atoms with Gasteiger partial charge in [0.15, 0.2) is 0 Å². The summed E-state index contributed by atoms with van der Waals surface area (Å²) >= 11 is 1.64. The summed E-state index contributed by atoms with van der Waals surface area (Å²) < 4.78 is 0. The van der Waals surface area contributed by atoms with E-state index in [1.165, 1.54) is 0 Å². The van der Waals surface area contributed by atoms with Gasteiger partial charge in [-0.2, -0.15) is 0 Å². The number of amides is 2. The molecule has 0 atom stereocenters. The average molecular weight is 211 g/mol. The number of aromatic nitrogens is 1. The molecule has 0 unspecified atom stereocenters. The molecular weight excluding hydrogens is 198 g/mol. The predicted molar refractivity (Wildman–Crippen MR) is 55.4 cm³/mol. The second kappa shape index (κ2) is 4.41. The van der Waals surface area contributed by atoms with Gasteiger partial charge >= 0.3 is 6.03 Å². The van der Waals surface area contributed by atoms with Gasteiger partial charge in [0.25, 0.3) is 0 Å². The molecule has 0 aromatic carbocycles. The number of carbonyl (C=O) groups is 1. The minimum absolute atomic E-state index is 0.0628. The van der Waals surface area contributed by atoms with E-state index < -0.39 is 0 Å². The first kappa shape index (κ1) is 9.45. The van der Waals surface area contributed by atoms with Crippen molar-refractivity contribution in [1.29, 1.82) is 0 Å². The van der Waals surface area contributed by atoms with Crippen LogP contribution in [0.2, 0.25) is 0 Å². The quantitative estimate of drug-likeness (QED) is 0.813. The van der Waals surface area contributed by atoms with Gasteiger partial charge in [-0.1, -0.05) is 0 Å². The molecule has 0 radical (unpaired) electrons. The van der Waals surface area contributed by atoms with Crippen molar-refractivity contribution >= 4 is 17.4 Å². The van der Waals surface area contributed by atoms with Crippen molar-refractivity contribution in [2.45, 2.75) is 12.8 Å². The Labute approximate surface area is 86.9 Å². The van der Waals surface area contributed by atoms with Gasteiger partial charge in [-0.15, -0.1) is 11.3 Å². The van der Waals surface area contributed by atoms with Crippen molar-refractivity contribution in [1.82, 2.24) is 15.2 Å². The van der Waals surface area contributed by atoms with Gasteiger partial charge in [0.1, 0.15) is 0 Å². The molecule has 5 heteroatoms. The number of urea groups is 1. The first-order chi connectivity index (χ1) is 6.86. The summed E-state index contributed by atoms with van der Waals surface area (Å²) in [6.07, 6.45) is 3.71. The Bertz CT molecular complexity index is 299. The second-order valence-corrected chi connectivity index (χ2v) is 4.23. The van der Waals surface area contributed by atoms with Crippen molar-refractivity contribution < 1.29 is 4.79 Å². The molecule has 14 heavy (non-hydrogen) atoms. The molecule has 0 spiro atoms. The molecule has 1 saturated heterocycles. The molecule has 1 aliphatic rings. The maximum absolute atomic E-state index is 11.4. The molecule has 2 amide bonds. The maximum atomic E-state index is 11.4. The normalized spacial score (nSPS) is 16.9. The number of rotatable bonds is 3. The third-order valence-corrected chi connectivity index (χ3v) is 3.09. The Morgan fingerprint density at radius 1 is 1.64 bits per heavy atom. The fourth-order valence-electron chi connectivity index (χ4n) is 1.50. The van der Waals surface area contributed by atoms with Gasteiger partial charge in [-0.05, 0) is 6.42 Å². The highest BCUT2D eigenvalue weighted by Gasteiger charge is 2.16. The van der Waals surface area contributed by atoms with E-state index in [1.54, 1.807) is 17.5 Å². The molecular formula is C9H13N3OS. The summed E-state index contributed by atoms with van der Waals surface area (Å²) in [4.78, 5) is 17.4. The van der Waals surface area contributed by atoms with Gasteiger partial charge in [-0.3, -0.25) is 0 Å². The van der Waals surface area contributed by atoms with Crippen LogP contribution < -0.4 is 5.32 Å². The third kappa shape index (κ3) is 2.23. The largest absolute Gasteiger partial charge is 0.338 e. The minimum Gasteiger partial charge on any atom is -0.338 e. The zero-order valence-electron chi connectivity index (χ0n) is 7.90. The molecule has 0 bridgehead atoms. The van der Waals surface area contributed by atoms with Crippen LogP contribution in [0.15, 0.2) is 11.6 Å². The number of hydrogen-bond acceptors (Lipinski definition) is 3. The van der Waals surface area contributed by atoms with Crippen molar-refractivity contribution in [2.24, 2.45) is 0 Å². The molecule has 0 saturated carbocycles. The standard InChI is InChI=1S/C9H13N3OS/c13-9-11-3-1-5-12(9)6-2-8-10-4-7-14-8/h4,7H,1-3,5-6H2,(H,11,13). The summed E-state index contributed by atoms with van der Waals surface area (Å²) in [5, 5.41) is 5.90. The summed E-state index contributed by atoms with van der Waals surface area (Å²) in [5.74, 6) is 0. The van der Waals surface area contributed by atoms with E-state index >= 15 is 0 Å². The van der Waals surface area contributed by atoms with Crippen LogP contribution in [-0.4, -0.2) is 35.5 Å².